The van der Waals surface area contributed by atoms with Gasteiger partial charge < -0.3 is 15.0 Å². The molecule has 7 heteroatoms. The molecule has 32 heavy (non-hydrogen) atoms. The van der Waals surface area contributed by atoms with Gasteiger partial charge in [0.1, 0.15) is 5.41 Å². The highest BCUT2D eigenvalue weighted by molar-refractivity contribution is 6.08. The average molecular weight is 427 g/mol. The molecule has 2 aliphatic heterocycles. The molecule has 3 heterocycles. The Balaban J connectivity index is 1.58. The zero-order chi connectivity index (χ0) is 22.3. The van der Waals surface area contributed by atoms with Crippen LogP contribution in [0, 0.1) is 0 Å². The van der Waals surface area contributed by atoms with Crippen LogP contribution in [0.3, 0.4) is 0 Å². The van der Waals surface area contributed by atoms with Crippen molar-refractivity contribution < 1.29 is 19.1 Å². The summed E-state index contributed by atoms with van der Waals surface area (Å²) in [5.74, 6) is -0.773. The van der Waals surface area contributed by atoms with Gasteiger partial charge in [-0.1, -0.05) is 24.3 Å². The van der Waals surface area contributed by atoms with Crippen LogP contribution >= 0.6 is 0 Å². The zero-order valence-electron chi connectivity index (χ0n) is 17.4. The third-order valence-corrected chi connectivity index (χ3v) is 6.40. The third-order valence-electron chi connectivity index (χ3n) is 6.40. The van der Waals surface area contributed by atoms with Crippen LogP contribution in [0.25, 0.3) is 0 Å². The summed E-state index contributed by atoms with van der Waals surface area (Å²) in [5.41, 5.74) is 2.40. The number of benzene rings is 2. The van der Waals surface area contributed by atoms with E-state index in [0.29, 0.717) is 24.1 Å². The summed E-state index contributed by atoms with van der Waals surface area (Å²) in [6, 6.07) is 17.2. The van der Waals surface area contributed by atoms with Gasteiger partial charge in [0, 0.05) is 30.2 Å². The Morgan fingerprint density at radius 2 is 1.81 bits per heavy atom. The van der Waals surface area contributed by atoms with Gasteiger partial charge in [-0.2, -0.15) is 0 Å². The summed E-state index contributed by atoms with van der Waals surface area (Å²) in [7, 11) is 1.31. The minimum Gasteiger partial charge on any atom is -0.465 e. The Labute approximate surface area is 185 Å². The number of likely N-dealkylation sites (tertiary alicyclic amines) is 1. The maximum atomic E-state index is 13.6. The molecule has 7 nitrogen and oxygen atoms in total. The third kappa shape index (κ3) is 2.89. The molecular weight excluding hydrogens is 406 g/mol. The number of carbonyl (C=O) groups excluding carboxylic acids is 3. The van der Waals surface area contributed by atoms with E-state index >= 15 is 0 Å². The lowest BCUT2D eigenvalue weighted by Gasteiger charge is -2.34. The number of para-hydroxylation sites is 1. The molecule has 0 aliphatic carbocycles. The van der Waals surface area contributed by atoms with Crippen LogP contribution in [0.5, 0.6) is 0 Å². The molecule has 0 bridgehead atoms. The van der Waals surface area contributed by atoms with Crippen LogP contribution in [0.2, 0.25) is 0 Å². The van der Waals surface area contributed by atoms with Gasteiger partial charge in [-0.15, -0.1) is 0 Å². The highest BCUT2D eigenvalue weighted by Crippen LogP contribution is 2.54. The van der Waals surface area contributed by atoms with Gasteiger partial charge in [0.2, 0.25) is 5.91 Å². The fourth-order valence-electron chi connectivity index (χ4n) is 4.94. The second kappa shape index (κ2) is 7.60. The molecule has 2 amide bonds. The quantitative estimate of drug-likeness (QED) is 0.648. The molecule has 1 N–H and O–H groups in total. The number of ether oxygens (including phenoxy) is 1. The fourth-order valence-corrected chi connectivity index (χ4v) is 4.94. The standard InChI is InChI=1S/C25H21N3O4/c1-32-23(30)17-10-8-16(9-11-17)22(29)28-14-12-25(21(28)18-5-4-13-26-15-18)19-6-2-3-7-20(19)27-24(25)31/h2-11,13,15,21H,12,14H2,1H3,(H,27,31). The van der Waals surface area contributed by atoms with Crippen LogP contribution in [-0.2, 0) is 14.9 Å². The second-order valence-electron chi connectivity index (χ2n) is 7.98. The summed E-state index contributed by atoms with van der Waals surface area (Å²) in [5, 5.41) is 3.01. The van der Waals surface area contributed by atoms with Gasteiger partial charge in [0.25, 0.3) is 5.91 Å². The Hall–Kier alpha value is -4.00. The maximum absolute atomic E-state index is 13.6. The van der Waals surface area contributed by atoms with Crippen molar-refractivity contribution in [2.75, 3.05) is 19.0 Å². The number of amides is 2. The van der Waals surface area contributed by atoms with Gasteiger partial charge in [-0.05, 0) is 53.9 Å². The van der Waals surface area contributed by atoms with E-state index in [1.165, 1.54) is 7.11 Å². The lowest BCUT2D eigenvalue weighted by atomic mass is 9.73. The average Bonchev–Trinajstić information content (AvgIpc) is 3.38. The van der Waals surface area contributed by atoms with Crippen molar-refractivity contribution in [3.05, 3.63) is 95.3 Å². The first-order chi connectivity index (χ1) is 15.6. The van der Waals surface area contributed by atoms with E-state index in [1.54, 1.807) is 41.6 Å². The summed E-state index contributed by atoms with van der Waals surface area (Å²) < 4.78 is 4.73. The van der Waals surface area contributed by atoms with Crippen molar-refractivity contribution in [3.63, 3.8) is 0 Å². The van der Waals surface area contributed by atoms with Crippen molar-refractivity contribution in [2.24, 2.45) is 0 Å². The number of esters is 1. The molecule has 1 spiro atoms. The number of aromatic nitrogens is 1. The topological polar surface area (TPSA) is 88.6 Å². The monoisotopic (exact) mass is 427 g/mol. The molecule has 160 valence electrons. The molecule has 2 unspecified atom stereocenters. The largest absolute Gasteiger partial charge is 0.465 e. The van der Waals surface area contributed by atoms with E-state index in [-0.39, 0.29) is 11.8 Å². The molecule has 0 saturated carbocycles. The normalized spacial score (nSPS) is 21.3. The van der Waals surface area contributed by atoms with Gasteiger partial charge in [-0.25, -0.2) is 4.79 Å². The van der Waals surface area contributed by atoms with Crippen molar-refractivity contribution in [1.29, 1.82) is 0 Å². The van der Waals surface area contributed by atoms with Crippen molar-refractivity contribution in [2.45, 2.75) is 17.9 Å². The van der Waals surface area contributed by atoms with Crippen LogP contribution in [0.15, 0.2) is 73.1 Å². The van der Waals surface area contributed by atoms with E-state index < -0.39 is 17.4 Å². The number of pyridine rings is 1. The van der Waals surface area contributed by atoms with E-state index in [2.05, 4.69) is 10.3 Å². The Bertz CT molecular complexity index is 1210. The van der Waals surface area contributed by atoms with E-state index in [4.69, 9.17) is 4.74 Å². The number of hydrogen-bond donors (Lipinski definition) is 1. The van der Waals surface area contributed by atoms with E-state index in [0.717, 1.165) is 16.8 Å². The molecule has 2 aromatic carbocycles. The number of anilines is 1. The Morgan fingerprint density at radius 1 is 1.06 bits per heavy atom. The highest BCUT2D eigenvalue weighted by atomic mass is 16.5. The highest BCUT2D eigenvalue weighted by Gasteiger charge is 2.59. The molecule has 1 fully saturated rings. The number of hydrogen-bond acceptors (Lipinski definition) is 5. The molecule has 2 aliphatic rings. The van der Waals surface area contributed by atoms with Crippen LogP contribution < -0.4 is 5.32 Å². The van der Waals surface area contributed by atoms with Crippen LogP contribution in [0.1, 0.15) is 44.3 Å². The molecule has 3 aromatic rings. The van der Waals surface area contributed by atoms with Gasteiger partial charge in [0.05, 0.1) is 18.7 Å². The minimum absolute atomic E-state index is 0.108. The summed E-state index contributed by atoms with van der Waals surface area (Å²) >= 11 is 0. The summed E-state index contributed by atoms with van der Waals surface area (Å²) in [4.78, 5) is 44.7. The number of rotatable bonds is 3. The molecule has 0 radical (unpaired) electrons. The molecular formula is C25H21N3O4. The van der Waals surface area contributed by atoms with Gasteiger partial charge in [-0.3, -0.25) is 14.6 Å². The minimum atomic E-state index is -0.888. The summed E-state index contributed by atoms with van der Waals surface area (Å²) in [6.45, 7) is 0.416. The Morgan fingerprint density at radius 3 is 2.53 bits per heavy atom. The molecule has 1 aromatic heterocycles. The van der Waals surface area contributed by atoms with Gasteiger partial charge in [0.15, 0.2) is 0 Å². The first-order valence-corrected chi connectivity index (χ1v) is 10.4. The van der Waals surface area contributed by atoms with Crippen molar-refractivity contribution in [3.8, 4) is 0 Å². The predicted octanol–water partition coefficient (Wildman–Crippen LogP) is 3.35. The first kappa shape index (κ1) is 19.9. The van der Waals surface area contributed by atoms with Crippen molar-refractivity contribution >= 4 is 23.5 Å². The molecule has 2 atom stereocenters. The van der Waals surface area contributed by atoms with Crippen LogP contribution in [0.4, 0.5) is 5.69 Å². The second-order valence-corrected chi connectivity index (χ2v) is 7.98. The first-order valence-electron chi connectivity index (χ1n) is 10.4. The molecule has 1 saturated heterocycles. The molecule has 5 rings (SSSR count). The number of fused-ring (bicyclic) bond motifs is 2. The van der Waals surface area contributed by atoms with E-state index in [1.807, 2.05) is 36.4 Å². The number of methoxy groups -OCH3 is 1. The maximum Gasteiger partial charge on any atom is 0.337 e. The lowest BCUT2D eigenvalue weighted by molar-refractivity contribution is -0.121. The van der Waals surface area contributed by atoms with Crippen LogP contribution in [-0.4, -0.2) is 41.3 Å². The smallest absolute Gasteiger partial charge is 0.337 e. The number of nitrogens with zero attached hydrogens (tertiary/aromatic N) is 2. The SMILES string of the molecule is COC(=O)c1ccc(C(=O)N2CCC3(C(=O)Nc4ccccc43)C2c2cccnc2)cc1. The number of nitrogens with one attached hydrogen (secondary N) is 1. The lowest BCUT2D eigenvalue weighted by Crippen LogP contribution is -2.42. The Kier molecular flexibility index (Phi) is 4.74. The van der Waals surface area contributed by atoms with Gasteiger partial charge >= 0.3 is 5.97 Å². The summed E-state index contributed by atoms with van der Waals surface area (Å²) in [6.07, 6.45) is 3.89. The van der Waals surface area contributed by atoms with Crippen molar-refractivity contribution in [1.82, 2.24) is 9.88 Å². The fraction of sp³-hybridized carbons (Fsp3) is 0.200. The predicted molar refractivity (Wildman–Crippen MR) is 117 cm³/mol. The number of carbonyl (C=O) groups is 3. The zero-order valence-corrected chi connectivity index (χ0v) is 17.4. The van der Waals surface area contributed by atoms with E-state index in [9.17, 15) is 14.4 Å².